The van der Waals surface area contributed by atoms with Crippen LogP contribution in [0.5, 0.6) is 11.5 Å². The molecule has 0 spiro atoms. The fourth-order valence-corrected chi connectivity index (χ4v) is 1.92. The van der Waals surface area contributed by atoms with E-state index in [1.807, 2.05) is 42.0 Å². The van der Waals surface area contributed by atoms with Gasteiger partial charge < -0.3 is 14.4 Å². The van der Waals surface area contributed by atoms with E-state index in [2.05, 4.69) is 0 Å². The summed E-state index contributed by atoms with van der Waals surface area (Å²) in [4.78, 5) is 0. The summed E-state index contributed by atoms with van der Waals surface area (Å²) in [5, 5.41) is 9.85. The van der Waals surface area contributed by atoms with Gasteiger partial charge in [0.2, 0.25) is 0 Å². The fourth-order valence-electron chi connectivity index (χ4n) is 1.72. The summed E-state index contributed by atoms with van der Waals surface area (Å²) >= 11 is 5.02. The largest absolute Gasteiger partial charge is 0.505 e. The van der Waals surface area contributed by atoms with Gasteiger partial charge in [0.05, 0.1) is 23.0 Å². The summed E-state index contributed by atoms with van der Waals surface area (Å²) < 4.78 is 7.60. The van der Waals surface area contributed by atoms with E-state index in [9.17, 15) is 5.11 Å². The highest BCUT2D eigenvalue weighted by Crippen LogP contribution is 2.27. The number of hydrogen-bond acceptors (Lipinski definition) is 3. The predicted octanol–water partition coefficient (Wildman–Crippen LogP) is 3.23. The van der Waals surface area contributed by atoms with Gasteiger partial charge in [0, 0.05) is 6.20 Å². The quantitative estimate of drug-likeness (QED) is 0.827. The molecule has 4 heteroatoms. The monoisotopic (exact) mass is 247 g/mol. The van der Waals surface area contributed by atoms with Crippen molar-refractivity contribution in [1.29, 1.82) is 0 Å². The number of para-hydroxylation sites is 2. The van der Waals surface area contributed by atoms with E-state index in [4.69, 9.17) is 17.0 Å². The summed E-state index contributed by atoms with van der Waals surface area (Å²) in [6, 6.07) is 9.32. The lowest BCUT2D eigenvalue weighted by atomic mass is 10.2. The number of benzene rings is 1. The van der Waals surface area contributed by atoms with Crippen LogP contribution in [-0.4, -0.2) is 16.8 Å². The van der Waals surface area contributed by atoms with Crippen LogP contribution in [0.25, 0.3) is 5.69 Å². The first kappa shape index (κ1) is 11.7. The second-order valence-electron chi connectivity index (χ2n) is 3.66. The normalized spacial score (nSPS) is 10.2. The fraction of sp³-hybridized carbons (Fsp3) is 0.154. The smallest absolute Gasteiger partial charge is 0.153 e. The van der Waals surface area contributed by atoms with E-state index in [-0.39, 0.29) is 5.75 Å². The first-order chi connectivity index (χ1) is 8.15. The van der Waals surface area contributed by atoms with Gasteiger partial charge in [-0.05, 0) is 25.1 Å². The highest BCUT2D eigenvalue weighted by molar-refractivity contribution is 7.71. The summed E-state index contributed by atoms with van der Waals surface area (Å²) in [6.07, 6.45) is 1.83. The molecule has 0 fully saturated rings. The number of nitrogens with zero attached hydrogens (tertiary/aromatic N) is 1. The number of hydrogen-bond donors (Lipinski definition) is 1. The van der Waals surface area contributed by atoms with Gasteiger partial charge in [0.15, 0.2) is 5.75 Å². The van der Waals surface area contributed by atoms with Crippen LogP contribution in [0.15, 0.2) is 36.5 Å². The van der Waals surface area contributed by atoms with Crippen LogP contribution in [0.3, 0.4) is 0 Å². The van der Waals surface area contributed by atoms with Crippen molar-refractivity contribution in [2.75, 3.05) is 7.11 Å². The molecule has 1 aromatic heterocycles. The Kier molecular flexibility index (Phi) is 3.15. The van der Waals surface area contributed by atoms with Crippen molar-refractivity contribution in [1.82, 2.24) is 4.57 Å². The minimum atomic E-state index is 0.133. The minimum Gasteiger partial charge on any atom is -0.505 e. The lowest BCUT2D eigenvalue weighted by Gasteiger charge is -2.15. The maximum Gasteiger partial charge on any atom is 0.153 e. The van der Waals surface area contributed by atoms with E-state index in [1.54, 1.807) is 13.2 Å². The molecule has 0 bridgehead atoms. The van der Waals surface area contributed by atoms with Gasteiger partial charge in [0.1, 0.15) is 5.75 Å². The molecule has 88 valence electrons. The van der Waals surface area contributed by atoms with Crippen LogP contribution in [0, 0.1) is 11.4 Å². The van der Waals surface area contributed by atoms with Crippen molar-refractivity contribution >= 4 is 12.2 Å². The van der Waals surface area contributed by atoms with Crippen LogP contribution in [0.2, 0.25) is 0 Å². The Labute approximate surface area is 105 Å². The molecular formula is C13H13NO2S. The molecule has 0 aliphatic carbocycles. The van der Waals surface area contributed by atoms with Gasteiger partial charge in [-0.1, -0.05) is 24.4 Å². The van der Waals surface area contributed by atoms with Crippen LogP contribution in [0.4, 0.5) is 0 Å². The van der Waals surface area contributed by atoms with E-state index in [0.29, 0.717) is 10.2 Å². The zero-order valence-corrected chi connectivity index (χ0v) is 10.5. The zero-order valence-electron chi connectivity index (χ0n) is 9.68. The van der Waals surface area contributed by atoms with Gasteiger partial charge in [-0.15, -0.1) is 0 Å². The molecule has 0 saturated carbocycles. The molecule has 0 saturated heterocycles. The lowest BCUT2D eigenvalue weighted by Crippen LogP contribution is -2.02. The molecule has 2 rings (SSSR count). The van der Waals surface area contributed by atoms with E-state index in [1.165, 1.54) is 0 Å². The molecule has 0 radical (unpaired) electrons. The predicted molar refractivity (Wildman–Crippen MR) is 69.6 cm³/mol. The van der Waals surface area contributed by atoms with Crippen LogP contribution < -0.4 is 4.74 Å². The van der Waals surface area contributed by atoms with Crippen LogP contribution in [0.1, 0.15) is 5.69 Å². The second-order valence-corrected chi connectivity index (χ2v) is 4.10. The minimum absolute atomic E-state index is 0.133. The molecule has 0 amide bonds. The Morgan fingerprint density at radius 3 is 2.65 bits per heavy atom. The second kappa shape index (κ2) is 4.59. The number of aromatic nitrogens is 1. The van der Waals surface area contributed by atoms with Crippen LogP contribution in [-0.2, 0) is 0 Å². The maximum atomic E-state index is 9.85. The number of rotatable bonds is 2. The van der Waals surface area contributed by atoms with Crippen LogP contribution >= 0.6 is 12.2 Å². The van der Waals surface area contributed by atoms with Crippen molar-refractivity contribution in [2.45, 2.75) is 6.92 Å². The summed E-state index contributed by atoms with van der Waals surface area (Å²) in [7, 11) is 1.62. The molecule has 0 aliphatic rings. The van der Waals surface area contributed by atoms with Crippen molar-refractivity contribution in [2.24, 2.45) is 0 Å². The molecule has 3 nitrogen and oxygen atoms in total. The third-order valence-electron chi connectivity index (χ3n) is 2.66. The SMILES string of the molecule is COc1ccccc1-n1ccc(=S)c(O)c1C. The molecule has 0 atom stereocenters. The summed E-state index contributed by atoms with van der Waals surface area (Å²) in [6.45, 7) is 1.82. The maximum absolute atomic E-state index is 9.85. The Balaban J connectivity index is 2.69. The summed E-state index contributed by atoms with van der Waals surface area (Å²) in [5.41, 5.74) is 1.57. The topological polar surface area (TPSA) is 34.4 Å². The molecule has 1 N–H and O–H groups in total. The number of aromatic hydroxyl groups is 1. The standard InChI is InChI=1S/C13H13NO2S/c1-9-13(15)12(17)7-8-14(9)10-5-3-4-6-11(10)16-2/h3-8,15H,1-2H3. The number of ether oxygens (including phenoxy) is 1. The third-order valence-corrected chi connectivity index (χ3v) is 2.99. The molecule has 17 heavy (non-hydrogen) atoms. The van der Waals surface area contributed by atoms with E-state index in [0.717, 1.165) is 11.4 Å². The molecule has 2 aromatic rings. The van der Waals surface area contributed by atoms with Gasteiger partial charge in [-0.3, -0.25) is 0 Å². The third kappa shape index (κ3) is 2.03. The average Bonchev–Trinajstić information content (AvgIpc) is 2.36. The Morgan fingerprint density at radius 2 is 1.94 bits per heavy atom. The molecule has 0 aliphatic heterocycles. The molecule has 0 unspecified atom stereocenters. The molecular weight excluding hydrogens is 234 g/mol. The first-order valence-electron chi connectivity index (χ1n) is 5.19. The van der Waals surface area contributed by atoms with Crippen molar-refractivity contribution < 1.29 is 9.84 Å². The van der Waals surface area contributed by atoms with Crippen molar-refractivity contribution in [3.63, 3.8) is 0 Å². The molecule has 1 heterocycles. The lowest BCUT2D eigenvalue weighted by molar-refractivity contribution is 0.412. The Bertz CT molecular complexity index is 605. The van der Waals surface area contributed by atoms with Gasteiger partial charge in [-0.2, -0.15) is 0 Å². The highest BCUT2D eigenvalue weighted by atomic mass is 32.1. The van der Waals surface area contributed by atoms with Gasteiger partial charge in [0.25, 0.3) is 0 Å². The number of pyridine rings is 1. The zero-order chi connectivity index (χ0) is 12.4. The van der Waals surface area contributed by atoms with Crippen molar-refractivity contribution in [3.05, 3.63) is 46.7 Å². The summed E-state index contributed by atoms with van der Waals surface area (Å²) in [5.74, 6) is 0.880. The van der Waals surface area contributed by atoms with Crippen molar-refractivity contribution in [3.8, 4) is 17.2 Å². The Morgan fingerprint density at radius 1 is 1.24 bits per heavy atom. The first-order valence-corrected chi connectivity index (χ1v) is 5.60. The van der Waals surface area contributed by atoms with Gasteiger partial charge in [-0.25, -0.2) is 0 Å². The average molecular weight is 247 g/mol. The van der Waals surface area contributed by atoms with E-state index < -0.39 is 0 Å². The van der Waals surface area contributed by atoms with E-state index >= 15 is 0 Å². The van der Waals surface area contributed by atoms with Gasteiger partial charge >= 0.3 is 0 Å². The highest BCUT2D eigenvalue weighted by Gasteiger charge is 2.08. The Hall–Kier alpha value is -1.81. The number of methoxy groups -OCH3 is 1. The molecule has 1 aromatic carbocycles.